The topological polar surface area (TPSA) is 183 Å². The molecule has 0 fully saturated rings. The molecule has 4 atom stereocenters. The molecule has 0 aromatic heterocycles. The number of carbonyl (C=O) groups is 6. The van der Waals surface area contributed by atoms with Gasteiger partial charge in [0.15, 0.2) is 0 Å². The van der Waals surface area contributed by atoms with E-state index in [1.165, 1.54) is 13.8 Å². The van der Waals surface area contributed by atoms with Crippen LogP contribution >= 0.6 is 0 Å². The Hall–Kier alpha value is -4.74. The maximum atomic E-state index is 13.8. The summed E-state index contributed by atoms with van der Waals surface area (Å²) in [4.78, 5) is 75.6. The van der Waals surface area contributed by atoms with Crippen LogP contribution in [0.2, 0.25) is 0 Å². The van der Waals surface area contributed by atoms with Crippen molar-refractivity contribution in [3.05, 3.63) is 71.8 Å². The average molecular weight is 638 g/mol. The molecule has 2 rings (SSSR count). The van der Waals surface area contributed by atoms with Crippen LogP contribution in [0.1, 0.15) is 64.5 Å². The summed E-state index contributed by atoms with van der Waals surface area (Å²) < 4.78 is 0. The Morgan fingerprint density at radius 1 is 0.609 bits per heavy atom. The number of carboxylic acids is 1. The number of carboxylic acid groups (broad SMARTS) is 1. The SMILES string of the molecule is CC(=O)NCCCC[C@@H](NC(=O)[C@@H](CC(C)C)NC(=O)[C@@H](Cc1ccccc1)NC(=O)[C@@H](Cc1ccccc1)NC(C)=O)C(=O)O. The summed E-state index contributed by atoms with van der Waals surface area (Å²) in [6.45, 7) is 6.83. The van der Waals surface area contributed by atoms with E-state index in [-0.39, 0.29) is 37.5 Å². The van der Waals surface area contributed by atoms with Gasteiger partial charge in [0, 0.05) is 33.2 Å². The highest BCUT2D eigenvalue weighted by atomic mass is 16.4. The van der Waals surface area contributed by atoms with Gasteiger partial charge in [-0.05, 0) is 42.7 Å². The predicted octanol–water partition coefficient (Wildman–Crippen LogP) is 1.87. The lowest BCUT2D eigenvalue weighted by atomic mass is 9.99. The molecule has 0 spiro atoms. The molecule has 0 bridgehead atoms. The van der Waals surface area contributed by atoms with Crippen LogP contribution in [0.15, 0.2) is 60.7 Å². The van der Waals surface area contributed by atoms with Gasteiger partial charge in [0.1, 0.15) is 24.2 Å². The van der Waals surface area contributed by atoms with Crippen LogP contribution in [0.4, 0.5) is 0 Å². The van der Waals surface area contributed by atoms with Crippen LogP contribution in [0, 0.1) is 5.92 Å². The minimum atomic E-state index is -1.21. The Bertz CT molecular complexity index is 1300. The van der Waals surface area contributed by atoms with Crippen molar-refractivity contribution >= 4 is 35.5 Å². The van der Waals surface area contributed by atoms with Gasteiger partial charge in [0.05, 0.1) is 0 Å². The Labute approximate surface area is 270 Å². The molecular formula is C34H47N5O7. The normalized spacial score (nSPS) is 13.4. The molecule has 0 aliphatic rings. The second kappa shape index (κ2) is 19.6. The summed E-state index contributed by atoms with van der Waals surface area (Å²) >= 11 is 0. The zero-order chi connectivity index (χ0) is 34.1. The zero-order valence-corrected chi connectivity index (χ0v) is 27.0. The van der Waals surface area contributed by atoms with E-state index in [2.05, 4.69) is 26.6 Å². The third kappa shape index (κ3) is 14.4. The lowest BCUT2D eigenvalue weighted by molar-refractivity contribution is -0.142. The Morgan fingerprint density at radius 3 is 1.52 bits per heavy atom. The van der Waals surface area contributed by atoms with Gasteiger partial charge in [-0.2, -0.15) is 0 Å². The van der Waals surface area contributed by atoms with Crippen LogP contribution in [0.25, 0.3) is 0 Å². The molecule has 250 valence electrons. The van der Waals surface area contributed by atoms with E-state index >= 15 is 0 Å². The molecule has 12 nitrogen and oxygen atoms in total. The highest BCUT2D eigenvalue weighted by molar-refractivity contribution is 5.95. The highest BCUT2D eigenvalue weighted by Crippen LogP contribution is 2.11. The molecule has 0 unspecified atom stereocenters. The number of nitrogens with one attached hydrogen (secondary N) is 5. The molecule has 0 saturated carbocycles. The van der Waals surface area contributed by atoms with Crippen LogP contribution in [0.3, 0.4) is 0 Å². The van der Waals surface area contributed by atoms with Crippen molar-refractivity contribution < 1.29 is 33.9 Å². The van der Waals surface area contributed by atoms with Gasteiger partial charge in [-0.25, -0.2) is 4.79 Å². The van der Waals surface area contributed by atoms with Gasteiger partial charge < -0.3 is 31.7 Å². The zero-order valence-electron chi connectivity index (χ0n) is 27.0. The molecular weight excluding hydrogens is 590 g/mol. The molecule has 2 aromatic carbocycles. The average Bonchev–Trinajstić information content (AvgIpc) is 2.99. The third-order valence-corrected chi connectivity index (χ3v) is 7.14. The first-order chi connectivity index (χ1) is 21.8. The molecule has 12 heteroatoms. The monoisotopic (exact) mass is 637 g/mol. The molecule has 2 aromatic rings. The molecule has 0 aliphatic carbocycles. The molecule has 0 heterocycles. The van der Waals surface area contributed by atoms with E-state index in [1.807, 2.05) is 62.4 Å². The van der Waals surface area contributed by atoms with Crippen molar-refractivity contribution in [2.24, 2.45) is 5.92 Å². The summed E-state index contributed by atoms with van der Waals surface area (Å²) in [7, 11) is 0. The number of hydrogen-bond acceptors (Lipinski definition) is 6. The first-order valence-corrected chi connectivity index (χ1v) is 15.6. The van der Waals surface area contributed by atoms with E-state index < -0.39 is 53.8 Å². The van der Waals surface area contributed by atoms with Crippen molar-refractivity contribution in [2.75, 3.05) is 6.54 Å². The fraction of sp³-hybridized carbons (Fsp3) is 0.471. The van der Waals surface area contributed by atoms with Crippen molar-refractivity contribution in [1.29, 1.82) is 0 Å². The largest absolute Gasteiger partial charge is 0.480 e. The van der Waals surface area contributed by atoms with Gasteiger partial charge in [0.25, 0.3) is 0 Å². The Morgan fingerprint density at radius 2 is 1.07 bits per heavy atom. The maximum Gasteiger partial charge on any atom is 0.326 e. The number of unbranched alkanes of at least 4 members (excludes halogenated alkanes) is 1. The minimum absolute atomic E-state index is 0.0332. The van der Waals surface area contributed by atoms with Crippen LogP contribution in [-0.2, 0) is 41.6 Å². The first kappa shape index (κ1) is 37.4. The molecule has 46 heavy (non-hydrogen) atoms. The summed E-state index contributed by atoms with van der Waals surface area (Å²) in [5.74, 6) is -3.67. The smallest absolute Gasteiger partial charge is 0.326 e. The summed E-state index contributed by atoms with van der Waals surface area (Å²) in [6.07, 6.45) is 1.66. The van der Waals surface area contributed by atoms with Gasteiger partial charge in [-0.15, -0.1) is 0 Å². The lowest BCUT2D eigenvalue weighted by Gasteiger charge is -2.27. The highest BCUT2D eigenvalue weighted by Gasteiger charge is 2.31. The molecule has 6 N–H and O–H groups in total. The summed E-state index contributed by atoms with van der Waals surface area (Å²) in [5, 5.41) is 23.1. The summed E-state index contributed by atoms with van der Waals surface area (Å²) in [5.41, 5.74) is 1.58. The van der Waals surface area contributed by atoms with Gasteiger partial charge in [0.2, 0.25) is 29.5 Å². The summed E-state index contributed by atoms with van der Waals surface area (Å²) in [6, 6.07) is 13.9. The number of amides is 5. The maximum absolute atomic E-state index is 13.8. The first-order valence-electron chi connectivity index (χ1n) is 15.6. The van der Waals surface area contributed by atoms with Gasteiger partial charge in [-0.3, -0.25) is 24.0 Å². The number of aliphatic carboxylic acids is 1. The standard InChI is InChI=1S/C34H47N5O7/c1-22(2)19-28(31(42)37-27(34(45)46)17-11-12-18-35-23(3)40)38-33(44)30(21-26-15-9-6-10-16-26)39-32(43)29(36-24(4)41)20-25-13-7-5-8-14-25/h5-10,13-16,22,27-30H,11-12,17-21H2,1-4H3,(H,35,40)(H,36,41)(H,37,42)(H,38,44)(H,39,43)(H,45,46)/t27-,28-,29-,30-/m1/s1. The molecule has 5 amide bonds. The Balaban J connectivity index is 2.23. The minimum Gasteiger partial charge on any atom is -0.480 e. The quantitative estimate of drug-likeness (QED) is 0.127. The number of carbonyl (C=O) groups excluding carboxylic acids is 5. The third-order valence-electron chi connectivity index (χ3n) is 7.14. The van der Waals surface area contributed by atoms with Crippen molar-refractivity contribution in [2.45, 2.75) is 90.4 Å². The Kier molecular flexibility index (Phi) is 16.0. The van der Waals surface area contributed by atoms with E-state index in [0.29, 0.717) is 19.4 Å². The van der Waals surface area contributed by atoms with E-state index in [1.54, 1.807) is 12.1 Å². The second-order valence-electron chi connectivity index (χ2n) is 11.8. The van der Waals surface area contributed by atoms with Crippen LogP contribution in [-0.4, -0.2) is 71.3 Å². The van der Waals surface area contributed by atoms with Crippen molar-refractivity contribution in [3.63, 3.8) is 0 Å². The van der Waals surface area contributed by atoms with Crippen LogP contribution < -0.4 is 26.6 Å². The van der Waals surface area contributed by atoms with E-state index in [9.17, 15) is 33.9 Å². The van der Waals surface area contributed by atoms with Gasteiger partial charge >= 0.3 is 5.97 Å². The lowest BCUT2D eigenvalue weighted by Crippen LogP contribution is -2.58. The fourth-order valence-electron chi connectivity index (χ4n) is 4.88. The number of benzene rings is 2. The van der Waals surface area contributed by atoms with E-state index in [0.717, 1.165) is 11.1 Å². The molecule has 0 saturated heterocycles. The number of hydrogen-bond donors (Lipinski definition) is 6. The predicted molar refractivity (Wildman–Crippen MR) is 173 cm³/mol. The van der Waals surface area contributed by atoms with Gasteiger partial charge in [-0.1, -0.05) is 74.5 Å². The van der Waals surface area contributed by atoms with Crippen molar-refractivity contribution in [3.8, 4) is 0 Å². The van der Waals surface area contributed by atoms with E-state index in [4.69, 9.17) is 0 Å². The molecule has 0 radical (unpaired) electrons. The molecule has 0 aliphatic heterocycles. The van der Waals surface area contributed by atoms with Crippen LogP contribution in [0.5, 0.6) is 0 Å². The van der Waals surface area contributed by atoms with Crippen molar-refractivity contribution in [1.82, 2.24) is 26.6 Å². The second-order valence-corrected chi connectivity index (χ2v) is 11.8. The fourth-order valence-corrected chi connectivity index (χ4v) is 4.88. The number of rotatable bonds is 19.